The molecule has 0 aliphatic rings. The lowest BCUT2D eigenvalue weighted by atomic mass is 9.96. The van der Waals surface area contributed by atoms with Gasteiger partial charge in [-0.1, -0.05) is 38.1 Å². The Morgan fingerprint density at radius 2 is 1.07 bits per heavy atom. The van der Waals surface area contributed by atoms with Crippen molar-refractivity contribution < 1.29 is 28.5 Å². The topological polar surface area (TPSA) is 71.1 Å². The first kappa shape index (κ1) is 19.5. The third kappa shape index (κ3) is 3.58. The van der Waals surface area contributed by atoms with E-state index >= 15 is 0 Å². The van der Waals surface area contributed by atoms with E-state index in [1.165, 1.54) is 14.2 Å². The van der Waals surface area contributed by atoms with Crippen LogP contribution in [0.3, 0.4) is 0 Å². The summed E-state index contributed by atoms with van der Waals surface area (Å²) in [4.78, 5) is 23.8. The maximum atomic E-state index is 11.9. The summed E-state index contributed by atoms with van der Waals surface area (Å²) in [6.07, 6.45) is -0.0299. The third-order valence-electron chi connectivity index (χ3n) is 4.67. The highest BCUT2D eigenvalue weighted by Gasteiger charge is 2.21. The van der Waals surface area contributed by atoms with Gasteiger partial charge in [0.2, 0.25) is 0 Å². The van der Waals surface area contributed by atoms with Crippen LogP contribution in [-0.2, 0) is 22.3 Å². The van der Waals surface area contributed by atoms with E-state index in [0.717, 1.165) is 24.0 Å². The summed E-state index contributed by atoms with van der Waals surface area (Å²) in [6, 6.07) is 11.5. The number of methoxy groups -OCH3 is 2. The first-order chi connectivity index (χ1) is 13.5. The number of hydrogen-bond acceptors (Lipinski definition) is 6. The summed E-state index contributed by atoms with van der Waals surface area (Å²) < 4.78 is 20.4. The van der Waals surface area contributed by atoms with Crippen molar-refractivity contribution in [2.24, 2.45) is 0 Å². The summed E-state index contributed by atoms with van der Waals surface area (Å²) in [7, 11) is 2.52. The zero-order valence-electron chi connectivity index (χ0n) is 16.3. The lowest BCUT2D eigenvalue weighted by molar-refractivity contribution is 0.120. The van der Waals surface area contributed by atoms with E-state index in [1.54, 1.807) is 0 Å². The number of hydrogen-bond donors (Lipinski definition) is 0. The molecule has 0 spiro atoms. The van der Waals surface area contributed by atoms with Crippen LogP contribution in [0.15, 0.2) is 36.4 Å². The van der Waals surface area contributed by atoms with Gasteiger partial charge in [-0.3, -0.25) is 0 Å². The Morgan fingerprint density at radius 3 is 1.39 bits per heavy atom. The standard InChI is InChI=1S/C22H22O6/c1-5-13-7-9-15-17(11-13)19(27-21(23)25-3)16-10-8-14(6-2)12-18(16)20(15)28-22(24)26-4/h7-12H,5-6H2,1-4H3. The Bertz CT molecular complexity index is 969. The molecule has 6 heteroatoms. The predicted molar refractivity (Wildman–Crippen MR) is 106 cm³/mol. The van der Waals surface area contributed by atoms with Crippen LogP contribution in [0.4, 0.5) is 9.59 Å². The van der Waals surface area contributed by atoms with E-state index in [1.807, 2.05) is 50.2 Å². The lowest BCUT2D eigenvalue weighted by Gasteiger charge is -2.17. The van der Waals surface area contributed by atoms with Gasteiger partial charge in [0.1, 0.15) is 11.5 Å². The molecule has 0 heterocycles. The Labute approximate surface area is 162 Å². The molecule has 3 rings (SSSR count). The largest absolute Gasteiger partial charge is 0.513 e. The van der Waals surface area contributed by atoms with E-state index in [2.05, 4.69) is 0 Å². The average molecular weight is 382 g/mol. The van der Waals surface area contributed by atoms with Crippen molar-refractivity contribution >= 4 is 33.9 Å². The first-order valence-electron chi connectivity index (χ1n) is 9.05. The van der Waals surface area contributed by atoms with Crippen LogP contribution < -0.4 is 9.47 Å². The van der Waals surface area contributed by atoms with E-state index in [-0.39, 0.29) is 0 Å². The molecule has 0 radical (unpaired) electrons. The van der Waals surface area contributed by atoms with Crippen LogP contribution in [0.2, 0.25) is 0 Å². The van der Waals surface area contributed by atoms with Gasteiger partial charge < -0.3 is 18.9 Å². The van der Waals surface area contributed by atoms with Crippen LogP contribution in [0.5, 0.6) is 11.5 Å². The molecule has 0 aliphatic carbocycles. The van der Waals surface area contributed by atoms with Crippen molar-refractivity contribution in [3.8, 4) is 11.5 Å². The second kappa shape index (κ2) is 8.17. The minimum Gasteiger partial charge on any atom is -0.437 e. The summed E-state index contributed by atoms with van der Waals surface area (Å²) >= 11 is 0. The number of benzene rings is 3. The van der Waals surface area contributed by atoms with Crippen molar-refractivity contribution in [1.29, 1.82) is 0 Å². The van der Waals surface area contributed by atoms with E-state index in [4.69, 9.17) is 18.9 Å². The summed E-state index contributed by atoms with van der Waals surface area (Å²) in [6.45, 7) is 4.06. The van der Waals surface area contributed by atoms with Gasteiger partial charge in [0.25, 0.3) is 0 Å². The van der Waals surface area contributed by atoms with Crippen molar-refractivity contribution in [2.75, 3.05) is 14.2 Å². The SMILES string of the molecule is CCc1ccc2c(OC(=O)OC)c3cc(CC)ccc3c(OC(=O)OC)c2c1. The number of aryl methyl sites for hydroxylation is 2. The fourth-order valence-corrected chi connectivity index (χ4v) is 3.15. The molecule has 6 nitrogen and oxygen atoms in total. The molecular weight excluding hydrogens is 360 g/mol. The van der Waals surface area contributed by atoms with Gasteiger partial charge in [-0.15, -0.1) is 0 Å². The zero-order valence-corrected chi connectivity index (χ0v) is 16.3. The highest BCUT2D eigenvalue weighted by Crippen LogP contribution is 2.44. The Hall–Kier alpha value is -3.28. The van der Waals surface area contributed by atoms with Crippen LogP contribution in [0, 0.1) is 0 Å². The fourth-order valence-electron chi connectivity index (χ4n) is 3.15. The number of rotatable bonds is 4. The molecule has 0 saturated heterocycles. The van der Waals surface area contributed by atoms with Crippen LogP contribution in [0.25, 0.3) is 21.5 Å². The summed E-state index contributed by atoms with van der Waals surface area (Å²) in [5.74, 6) is 0.735. The molecule has 0 saturated carbocycles. The minimum absolute atomic E-state index is 0.368. The van der Waals surface area contributed by atoms with E-state index in [0.29, 0.717) is 33.0 Å². The molecule has 3 aromatic carbocycles. The van der Waals surface area contributed by atoms with Gasteiger partial charge in [0.05, 0.1) is 14.2 Å². The van der Waals surface area contributed by atoms with Gasteiger partial charge in [0.15, 0.2) is 0 Å². The molecule has 0 aliphatic heterocycles. The Morgan fingerprint density at radius 1 is 0.679 bits per heavy atom. The molecule has 28 heavy (non-hydrogen) atoms. The number of carbonyl (C=O) groups excluding carboxylic acids is 2. The fraction of sp³-hybridized carbons (Fsp3) is 0.273. The van der Waals surface area contributed by atoms with E-state index < -0.39 is 12.3 Å². The molecule has 0 fully saturated rings. The highest BCUT2D eigenvalue weighted by molar-refractivity contribution is 6.12. The van der Waals surface area contributed by atoms with Crippen molar-refractivity contribution in [2.45, 2.75) is 26.7 Å². The van der Waals surface area contributed by atoms with Crippen LogP contribution in [0.1, 0.15) is 25.0 Å². The molecule has 3 aromatic rings. The summed E-state index contributed by atoms with van der Waals surface area (Å²) in [5.41, 5.74) is 2.10. The predicted octanol–water partition coefficient (Wildman–Crippen LogP) is 5.41. The van der Waals surface area contributed by atoms with Crippen molar-refractivity contribution in [3.05, 3.63) is 47.5 Å². The van der Waals surface area contributed by atoms with Gasteiger partial charge in [-0.25, -0.2) is 9.59 Å². The quantitative estimate of drug-likeness (QED) is 0.341. The molecule has 0 aromatic heterocycles. The Balaban J connectivity index is 2.44. The molecular formula is C22H22O6. The Kier molecular flexibility index (Phi) is 5.68. The van der Waals surface area contributed by atoms with E-state index in [9.17, 15) is 9.59 Å². The first-order valence-corrected chi connectivity index (χ1v) is 9.05. The maximum Gasteiger partial charge on any atom is 0.513 e. The molecule has 0 bridgehead atoms. The van der Waals surface area contributed by atoms with Crippen LogP contribution in [-0.4, -0.2) is 26.5 Å². The molecule has 0 N–H and O–H groups in total. The third-order valence-corrected chi connectivity index (χ3v) is 4.67. The van der Waals surface area contributed by atoms with Gasteiger partial charge in [-0.05, 0) is 36.1 Å². The van der Waals surface area contributed by atoms with Crippen LogP contribution >= 0.6 is 0 Å². The van der Waals surface area contributed by atoms with Crippen molar-refractivity contribution in [1.82, 2.24) is 0 Å². The van der Waals surface area contributed by atoms with Gasteiger partial charge >= 0.3 is 12.3 Å². The molecule has 0 unspecified atom stereocenters. The van der Waals surface area contributed by atoms with Gasteiger partial charge in [-0.2, -0.15) is 0 Å². The number of fused-ring (bicyclic) bond motifs is 2. The second-order valence-electron chi connectivity index (χ2n) is 6.24. The smallest absolute Gasteiger partial charge is 0.437 e. The molecule has 0 amide bonds. The minimum atomic E-state index is -0.814. The zero-order chi connectivity index (χ0) is 20.3. The average Bonchev–Trinajstić information content (AvgIpc) is 2.74. The summed E-state index contributed by atoms with van der Waals surface area (Å²) in [5, 5.41) is 2.59. The molecule has 146 valence electrons. The lowest BCUT2D eigenvalue weighted by Crippen LogP contribution is -2.10. The molecule has 0 atom stereocenters. The highest BCUT2D eigenvalue weighted by atomic mass is 16.7. The monoisotopic (exact) mass is 382 g/mol. The number of ether oxygens (including phenoxy) is 4. The number of carbonyl (C=O) groups is 2. The van der Waals surface area contributed by atoms with Crippen molar-refractivity contribution in [3.63, 3.8) is 0 Å². The van der Waals surface area contributed by atoms with Gasteiger partial charge in [0, 0.05) is 21.5 Å². The second-order valence-corrected chi connectivity index (χ2v) is 6.24. The maximum absolute atomic E-state index is 11.9. The normalized spacial score (nSPS) is 10.7.